The minimum atomic E-state index is 0. The van der Waals surface area contributed by atoms with Crippen LogP contribution in [0.5, 0.6) is 0 Å². The van der Waals surface area contributed by atoms with Crippen LogP contribution in [0.2, 0.25) is 0 Å². The van der Waals surface area contributed by atoms with Gasteiger partial charge in [-0.2, -0.15) is 0 Å². The maximum absolute atomic E-state index is 0. The summed E-state index contributed by atoms with van der Waals surface area (Å²) in [5.74, 6) is 0. The zero-order valence-corrected chi connectivity index (χ0v) is 10.2. The van der Waals surface area contributed by atoms with E-state index in [0.717, 1.165) is 0 Å². The fraction of sp³-hybridized carbons (Fsp3) is 0. The first-order valence-electron chi connectivity index (χ1n) is 0. The van der Waals surface area contributed by atoms with Gasteiger partial charge in [0.05, 0.1) is 0 Å². The van der Waals surface area contributed by atoms with E-state index in [2.05, 4.69) is 0 Å². The molecule has 3 radical (unpaired) electrons. The summed E-state index contributed by atoms with van der Waals surface area (Å²) in [6.45, 7) is 0. The van der Waals surface area contributed by atoms with Crippen LogP contribution in [-0.4, -0.2) is 0 Å². The minimum absolute atomic E-state index is 0. The quantitative estimate of drug-likeness (QED) is 0.546. The van der Waals surface area contributed by atoms with Gasteiger partial charge < -0.3 is 0 Å². The maximum atomic E-state index is 0. The summed E-state index contributed by atoms with van der Waals surface area (Å²) in [6, 6.07) is 0. The monoisotopic (exact) mass is 391 g/mol. The molecule has 0 fully saturated rings. The van der Waals surface area contributed by atoms with Gasteiger partial charge in [-0.1, -0.05) is 0 Å². The molecule has 0 aliphatic rings. The third-order valence-corrected chi connectivity index (χ3v) is 0. The molecule has 0 atom stereocenters. The van der Waals surface area contributed by atoms with Gasteiger partial charge in [-0.15, -0.1) is 0 Å². The first-order chi connectivity index (χ1) is 0. The van der Waals surface area contributed by atoms with Crippen molar-refractivity contribution in [1.82, 2.24) is 0 Å². The van der Waals surface area contributed by atoms with E-state index in [0.29, 0.717) is 0 Å². The number of rotatable bonds is 0. The van der Waals surface area contributed by atoms with Gasteiger partial charge >= 0.3 is 0 Å². The Morgan fingerprint density at radius 1 is 0.500 bits per heavy atom. The first-order valence-corrected chi connectivity index (χ1v) is 0. The maximum Gasteiger partial charge on any atom is 0 e. The normalized spacial score (nSPS) is 0. The van der Waals surface area contributed by atoms with Gasteiger partial charge in [-0.25, -0.2) is 0 Å². The fourth-order valence-corrected chi connectivity index (χ4v) is 0. The van der Waals surface area contributed by atoms with Crippen molar-refractivity contribution in [3.8, 4) is 0 Å². The molecule has 4 heavy (non-hydrogen) atoms. The fourth-order valence-electron chi connectivity index (χ4n) is 0. The van der Waals surface area contributed by atoms with Crippen LogP contribution >= 0.6 is 0 Å². The van der Waals surface area contributed by atoms with E-state index in [9.17, 15) is 0 Å². The Kier molecular flexibility index (Phi) is 124. The van der Waals surface area contributed by atoms with Gasteiger partial charge in [-0.05, 0) is 0 Å². The Morgan fingerprint density at radius 2 is 0.500 bits per heavy atom. The van der Waals surface area contributed by atoms with E-state index in [1.54, 1.807) is 0 Å². The Morgan fingerprint density at radius 3 is 0.500 bits per heavy atom. The summed E-state index contributed by atoms with van der Waals surface area (Å²) < 4.78 is 0. The van der Waals surface area contributed by atoms with Crippen molar-refractivity contribution >= 4 is 0 Å². The predicted molar refractivity (Wildman–Crippen MR) is 0 cm³/mol. The molecule has 0 aromatic carbocycles. The summed E-state index contributed by atoms with van der Waals surface area (Å²) in [5, 5.41) is 0. The predicted octanol–water partition coefficient (Wildman–Crippen LogP) is -0.00750. The van der Waals surface area contributed by atoms with Crippen molar-refractivity contribution in [1.29, 1.82) is 0 Å². The van der Waals surface area contributed by atoms with Crippen molar-refractivity contribution < 1.29 is 86.8 Å². The second-order valence-electron chi connectivity index (χ2n) is 0. The molecule has 4 heteroatoms. The van der Waals surface area contributed by atoms with E-state index in [1.807, 2.05) is 0 Å². The molecule has 0 spiro atoms. The molecule has 0 aliphatic carbocycles. The zero-order chi connectivity index (χ0) is 0. The molecule has 0 rings (SSSR count). The van der Waals surface area contributed by atoms with Crippen LogP contribution in [0.1, 0.15) is 0 Å². The summed E-state index contributed by atoms with van der Waals surface area (Å²) >= 11 is 0. The molecule has 0 amide bonds. The third kappa shape index (κ3) is 8.84. The molecular weight excluding hydrogens is 391 g/mol. The Balaban J connectivity index is 0. The average Bonchev–Trinajstić information content (AvgIpc) is 0. The van der Waals surface area contributed by atoms with Crippen LogP contribution in [0.15, 0.2) is 0 Å². The standard InChI is InChI=1S/U.3V. The molecule has 0 unspecified atom stereocenters. The van der Waals surface area contributed by atoms with Gasteiger partial charge in [-0.3, -0.25) is 0 Å². The minimum Gasteiger partial charge on any atom is 0 e. The average molecular weight is 391 g/mol. The summed E-state index contributed by atoms with van der Waals surface area (Å²) in [7, 11) is 0. The summed E-state index contributed by atoms with van der Waals surface area (Å²) in [5.41, 5.74) is 0. The molecule has 0 aliphatic heterocycles. The second-order valence-corrected chi connectivity index (χ2v) is 0. The Bertz CT molecular complexity index is 3.25. The van der Waals surface area contributed by atoms with Crippen molar-refractivity contribution in [2.75, 3.05) is 0 Å². The van der Waals surface area contributed by atoms with E-state index >= 15 is 0 Å². The molecule has 0 aromatic rings. The third-order valence-electron chi connectivity index (χ3n) is 0. The first kappa shape index (κ1) is 29.1. The smallest absolute Gasteiger partial charge is 0 e. The van der Waals surface area contributed by atoms with Gasteiger partial charge in [0.25, 0.3) is 0 Å². The van der Waals surface area contributed by atoms with Crippen LogP contribution in [0, 0.1) is 31.1 Å². The van der Waals surface area contributed by atoms with Crippen molar-refractivity contribution in [3.05, 3.63) is 0 Å². The zero-order valence-electron chi connectivity index (χ0n) is 1.84. The molecule has 0 N–H and O–H groups in total. The van der Waals surface area contributed by atoms with Gasteiger partial charge in [0, 0.05) is 86.8 Å². The molecule has 0 nitrogen and oxygen atoms in total. The van der Waals surface area contributed by atoms with E-state index in [4.69, 9.17) is 0 Å². The summed E-state index contributed by atoms with van der Waals surface area (Å²) in [4.78, 5) is 0. The van der Waals surface area contributed by atoms with Crippen LogP contribution in [0.25, 0.3) is 0 Å². The van der Waals surface area contributed by atoms with Gasteiger partial charge in [0.2, 0.25) is 0 Å². The van der Waals surface area contributed by atoms with Crippen LogP contribution in [-0.2, 0) is 55.7 Å². The molecular formula is UV3. The van der Waals surface area contributed by atoms with Crippen molar-refractivity contribution in [2.24, 2.45) is 0 Å². The largest absolute Gasteiger partial charge is 0 e. The molecule has 0 saturated heterocycles. The summed E-state index contributed by atoms with van der Waals surface area (Å²) in [6.07, 6.45) is 0. The van der Waals surface area contributed by atoms with Crippen molar-refractivity contribution in [3.63, 3.8) is 0 Å². The van der Waals surface area contributed by atoms with E-state index < -0.39 is 0 Å². The molecule has 0 aromatic heterocycles. The molecule has 0 saturated carbocycles. The SMILES string of the molecule is [U].[V].[V].[V]. The Hall–Kier alpha value is 2.81. The second kappa shape index (κ2) is 17.0. The van der Waals surface area contributed by atoms with Gasteiger partial charge in [0.1, 0.15) is 0 Å². The molecule has 19 valence electrons. The van der Waals surface area contributed by atoms with Crippen LogP contribution in [0.4, 0.5) is 0 Å². The van der Waals surface area contributed by atoms with Crippen LogP contribution < -0.4 is 0 Å². The van der Waals surface area contributed by atoms with E-state index in [1.165, 1.54) is 0 Å². The van der Waals surface area contributed by atoms with Crippen LogP contribution in [0.3, 0.4) is 0 Å². The van der Waals surface area contributed by atoms with Gasteiger partial charge in [0.15, 0.2) is 0 Å². The van der Waals surface area contributed by atoms with Crippen molar-refractivity contribution in [2.45, 2.75) is 0 Å². The topological polar surface area (TPSA) is 0 Å². The number of hydrogen-bond acceptors (Lipinski definition) is 0. The molecule has 0 bridgehead atoms. The van der Waals surface area contributed by atoms with E-state index in [-0.39, 0.29) is 86.8 Å². The molecule has 0 heterocycles. The Labute approximate surface area is 85.3 Å². The number of hydrogen-bond donors (Lipinski definition) is 0.